The van der Waals surface area contributed by atoms with Crippen molar-refractivity contribution >= 4 is 17.5 Å². The molecule has 6 heteroatoms. The number of carbonyl (C=O) groups excluding carboxylic acids is 2. The Labute approximate surface area is 139 Å². The van der Waals surface area contributed by atoms with Crippen molar-refractivity contribution in [1.29, 1.82) is 0 Å². The third-order valence-electron chi connectivity index (χ3n) is 5.36. The highest BCUT2D eigenvalue weighted by atomic mass is 16.5. The largest absolute Gasteiger partial charge is 0.373 e. The van der Waals surface area contributed by atoms with Crippen molar-refractivity contribution in [2.24, 2.45) is 11.8 Å². The second-order valence-corrected chi connectivity index (χ2v) is 6.73. The molecule has 4 atom stereocenters. The number of fused-ring (bicyclic) bond motifs is 5. The maximum absolute atomic E-state index is 12.8. The van der Waals surface area contributed by atoms with E-state index in [-0.39, 0.29) is 35.9 Å². The number of amides is 2. The van der Waals surface area contributed by atoms with E-state index < -0.39 is 0 Å². The number of nitrogens with zero attached hydrogens (tertiary/aromatic N) is 3. The molecule has 24 heavy (non-hydrogen) atoms. The second-order valence-electron chi connectivity index (χ2n) is 6.73. The monoisotopic (exact) mass is 323 g/mol. The third-order valence-corrected chi connectivity index (χ3v) is 5.36. The van der Waals surface area contributed by atoms with E-state index in [0.717, 1.165) is 18.4 Å². The van der Waals surface area contributed by atoms with Crippen molar-refractivity contribution in [3.8, 4) is 0 Å². The van der Waals surface area contributed by atoms with Crippen molar-refractivity contribution < 1.29 is 14.3 Å². The summed E-state index contributed by atoms with van der Waals surface area (Å²) in [5, 5.41) is 4.20. The number of carbonyl (C=O) groups is 2. The molecule has 3 fully saturated rings. The number of aromatic nitrogens is 2. The summed E-state index contributed by atoms with van der Waals surface area (Å²) < 4.78 is 7.59. The van der Waals surface area contributed by atoms with E-state index in [1.165, 1.54) is 4.90 Å². The minimum atomic E-state index is -0.286. The summed E-state index contributed by atoms with van der Waals surface area (Å²) in [5.41, 5.74) is 1.66. The van der Waals surface area contributed by atoms with E-state index in [1.807, 2.05) is 41.2 Å². The summed E-state index contributed by atoms with van der Waals surface area (Å²) in [4.78, 5) is 27.0. The van der Waals surface area contributed by atoms with Crippen LogP contribution < -0.4 is 4.90 Å². The van der Waals surface area contributed by atoms with Crippen molar-refractivity contribution in [1.82, 2.24) is 9.78 Å². The molecule has 2 amide bonds. The van der Waals surface area contributed by atoms with Gasteiger partial charge in [0.25, 0.3) is 0 Å². The van der Waals surface area contributed by atoms with Crippen LogP contribution in [-0.4, -0.2) is 33.8 Å². The molecule has 0 spiro atoms. The van der Waals surface area contributed by atoms with Gasteiger partial charge in [0.15, 0.2) is 0 Å². The number of hydrogen-bond donors (Lipinski definition) is 0. The Bertz CT molecular complexity index is 789. The van der Waals surface area contributed by atoms with E-state index in [2.05, 4.69) is 5.10 Å². The average molecular weight is 323 g/mol. The highest BCUT2D eigenvalue weighted by molar-refractivity contribution is 6.22. The molecule has 0 N–H and O–H groups in total. The molecule has 0 radical (unpaired) electrons. The summed E-state index contributed by atoms with van der Waals surface area (Å²) in [5.74, 6) is -0.779. The van der Waals surface area contributed by atoms with E-state index in [4.69, 9.17) is 4.74 Å². The zero-order chi connectivity index (χ0) is 16.3. The Hall–Kier alpha value is -2.47. The molecule has 3 aliphatic rings. The van der Waals surface area contributed by atoms with Crippen LogP contribution in [0, 0.1) is 11.8 Å². The molecule has 122 valence electrons. The molecule has 6 nitrogen and oxygen atoms in total. The molecule has 2 bridgehead atoms. The molecule has 4 unspecified atom stereocenters. The van der Waals surface area contributed by atoms with Crippen LogP contribution in [0.2, 0.25) is 0 Å². The van der Waals surface area contributed by atoms with Crippen LogP contribution in [0.15, 0.2) is 42.7 Å². The second kappa shape index (κ2) is 5.01. The van der Waals surface area contributed by atoms with Crippen LogP contribution in [-0.2, 0) is 20.9 Å². The van der Waals surface area contributed by atoms with Crippen LogP contribution in [0.3, 0.4) is 0 Å². The molecule has 1 aromatic carbocycles. The number of ether oxygens (including phenoxy) is 1. The lowest BCUT2D eigenvalue weighted by atomic mass is 9.81. The maximum atomic E-state index is 12.8. The van der Waals surface area contributed by atoms with Gasteiger partial charge in [-0.2, -0.15) is 5.10 Å². The van der Waals surface area contributed by atoms with Crippen LogP contribution in [0.5, 0.6) is 0 Å². The first-order valence-electron chi connectivity index (χ1n) is 8.32. The molecule has 3 saturated heterocycles. The van der Waals surface area contributed by atoms with Gasteiger partial charge < -0.3 is 4.74 Å². The molecule has 2 aromatic rings. The van der Waals surface area contributed by atoms with Gasteiger partial charge in [0.2, 0.25) is 11.8 Å². The zero-order valence-electron chi connectivity index (χ0n) is 13.0. The Morgan fingerprint density at radius 1 is 1.08 bits per heavy atom. The summed E-state index contributed by atoms with van der Waals surface area (Å²) in [6, 6.07) is 9.46. The number of rotatable bonds is 3. The minimum Gasteiger partial charge on any atom is -0.373 e. The molecule has 0 saturated carbocycles. The van der Waals surface area contributed by atoms with Crippen molar-refractivity contribution in [2.75, 3.05) is 4.90 Å². The summed E-state index contributed by atoms with van der Waals surface area (Å²) >= 11 is 0. The van der Waals surface area contributed by atoms with Gasteiger partial charge in [-0.05, 0) is 36.6 Å². The van der Waals surface area contributed by atoms with Gasteiger partial charge in [0.1, 0.15) is 0 Å². The highest BCUT2D eigenvalue weighted by Gasteiger charge is 2.62. The number of anilines is 1. The Kier molecular flexibility index (Phi) is 2.91. The predicted octanol–water partition coefficient (Wildman–Crippen LogP) is 1.60. The summed E-state index contributed by atoms with van der Waals surface area (Å²) in [6.07, 6.45) is 5.24. The molecule has 0 aliphatic carbocycles. The SMILES string of the molecule is O=C1C2C3CCC(O3)C2C(=O)N1c1cccc(Cn2cccn2)c1. The fourth-order valence-corrected chi connectivity index (χ4v) is 4.34. The molecular formula is C18H17N3O3. The van der Waals surface area contributed by atoms with Crippen molar-refractivity contribution in [2.45, 2.75) is 31.6 Å². The first kappa shape index (κ1) is 13.9. The van der Waals surface area contributed by atoms with Gasteiger partial charge in [-0.3, -0.25) is 14.3 Å². The fraction of sp³-hybridized carbons (Fsp3) is 0.389. The fourth-order valence-electron chi connectivity index (χ4n) is 4.34. The van der Waals surface area contributed by atoms with E-state index in [9.17, 15) is 9.59 Å². The van der Waals surface area contributed by atoms with Gasteiger partial charge in [0.05, 0.1) is 36.3 Å². The van der Waals surface area contributed by atoms with Crippen molar-refractivity contribution in [3.05, 3.63) is 48.3 Å². The van der Waals surface area contributed by atoms with Crippen LogP contribution in [0.4, 0.5) is 5.69 Å². The highest BCUT2D eigenvalue weighted by Crippen LogP contribution is 2.49. The summed E-state index contributed by atoms with van der Waals surface area (Å²) in [7, 11) is 0. The van der Waals surface area contributed by atoms with Gasteiger partial charge >= 0.3 is 0 Å². The quantitative estimate of drug-likeness (QED) is 0.805. The van der Waals surface area contributed by atoms with Gasteiger partial charge in [-0.15, -0.1) is 0 Å². The Balaban J connectivity index is 1.46. The number of benzene rings is 1. The number of imide groups is 1. The third kappa shape index (κ3) is 1.89. The first-order chi connectivity index (χ1) is 11.7. The normalized spacial score (nSPS) is 31.1. The van der Waals surface area contributed by atoms with Crippen molar-refractivity contribution in [3.63, 3.8) is 0 Å². The molecule has 4 heterocycles. The molecule has 3 aliphatic heterocycles. The number of hydrogen-bond acceptors (Lipinski definition) is 4. The topological polar surface area (TPSA) is 64.4 Å². The predicted molar refractivity (Wildman–Crippen MR) is 85.1 cm³/mol. The Morgan fingerprint density at radius 2 is 1.83 bits per heavy atom. The van der Waals surface area contributed by atoms with Crippen LogP contribution >= 0.6 is 0 Å². The summed E-state index contributed by atoms with van der Waals surface area (Å²) in [6.45, 7) is 0.609. The lowest BCUT2D eigenvalue weighted by molar-refractivity contribution is -0.124. The van der Waals surface area contributed by atoms with Gasteiger partial charge in [-0.25, -0.2) is 4.90 Å². The van der Waals surface area contributed by atoms with Gasteiger partial charge in [-0.1, -0.05) is 12.1 Å². The maximum Gasteiger partial charge on any atom is 0.240 e. The average Bonchev–Trinajstić information content (AvgIpc) is 3.33. The molecule has 5 rings (SSSR count). The van der Waals surface area contributed by atoms with Gasteiger partial charge in [0, 0.05) is 12.4 Å². The van der Waals surface area contributed by atoms with E-state index >= 15 is 0 Å². The minimum absolute atomic E-state index is 0.0753. The zero-order valence-corrected chi connectivity index (χ0v) is 13.0. The van der Waals surface area contributed by atoms with E-state index in [0.29, 0.717) is 12.2 Å². The van der Waals surface area contributed by atoms with Crippen LogP contribution in [0.25, 0.3) is 0 Å². The first-order valence-corrected chi connectivity index (χ1v) is 8.32. The Morgan fingerprint density at radius 3 is 2.50 bits per heavy atom. The molecular weight excluding hydrogens is 306 g/mol. The lowest BCUT2D eigenvalue weighted by Crippen LogP contribution is -2.34. The van der Waals surface area contributed by atoms with E-state index in [1.54, 1.807) is 6.20 Å². The smallest absolute Gasteiger partial charge is 0.240 e. The lowest BCUT2D eigenvalue weighted by Gasteiger charge is -2.18. The standard InChI is InChI=1S/C18H17N3O3/c22-17-15-13-5-6-14(24-13)16(15)18(23)21(17)12-4-1-3-11(9-12)10-20-8-2-7-19-20/h1-4,7-9,13-16H,5-6,10H2. The molecule has 1 aromatic heterocycles. The van der Waals surface area contributed by atoms with Crippen LogP contribution in [0.1, 0.15) is 18.4 Å².